The molecule has 3 aliphatic heterocycles. The Morgan fingerprint density at radius 1 is 0.640 bits per heavy atom. The van der Waals surface area contributed by atoms with Crippen molar-refractivity contribution >= 4 is 82.5 Å². The van der Waals surface area contributed by atoms with Crippen LogP contribution in [0, 0.1) is 23.7 Å². The van der Waals surface area contributed by atoms with Gasteiger partial charge in [-0.15, -0.1) is 0 Å². The van der Waals surface area contributed by atoms with Gasteiger partial charge in [0.1, 0.15) is 47.8 Å². The number of piperidine rings is 1. The first-order chi connectivity index (χ1) is 47.3. The Morgan fingerprint density at radius 3 is 1.87 bits per heavy atom. The van der Waals surface area contributed by atoms with Crippen molar-refractivity contribution < 1.29 is 70.7 Å². The monoisotopic (exact) mass is 1430 g/mol. The lowest BCUT2D eigenvalue weighted by Gasteiger charge is -2.43. The van der Waals surface area contributed by atoms with Gasteiger partial charge in [-0.2, -0.15) is 13.2 Å². The van der Waals surface area contributed by atoms with Crippen molar-refractivity contribution in [3.63, 3.8) is 0 Å². The van der Waals surface area contributed by atoms with E-state index in [0.717, 1.165) is 79.7 Å². The number of likely N-dealkylation sites (tertiary alicyclic amines) is 1. The molecule has 0 radical (unpaired) electrons. The minimum Gasteiger partial charge on any atom is -0.345 e. The van der Waals surface area contributed by atoms with Crippen molar-refractivity contribution in [1.29, 1.82) is 0 Å². The molecule has 24 nitrogen and oxygen atoms in total. The molecule has 3 saturated carbocycles. The first-order valence-corrected chi connectivity index (χ1v) is 36.8. The normalized spacial score (nSPS) is 26.8. The summed E-state index contributed by atoms with van der Waals surface area (Å²) in [4.78, 5) is 189. The highest BCUT2D eigenvalue weighted by Crippen LogP contribution is 2.39. The molecular weight excluding hydrogens is 1320 g/mol. The predicted molar refractivity (Wildman–Crippen MR) is 369 cm³/mol. The highest BCUT2D eigenvalue weighted by Gasteiger charge is 2.51. The summed E-state index contributed by atoms with van der Waals surface area (Å²) in [5.74, 6) is -8.83. The van der Waals surface area contributed by atoms with Crippen LogP contribution in [0.5, 0.6) is 0 Å². The summed E-state index contributed by atoms with van der Waals surface area (Å²) >= 11 is 6.16. The molecule has 6 aliphatic rings. The van der Waals surface area contributed by atoms with Crippen molar-refractivity contribution in [2.24, 2.45) is 23.7 Å². The number of hydrogen-bond donors (Lipinski definition) is 4. The fourth-order valence-electron chi connectivity index (χ4n) is 15.6. The summed E-state index contributed by atoms with van der Waals surface area (Å²) in [6, 6.07) is -5.53. The molecule has 1 aromatic carbocycles. The first kappa shape index (κ1) is 80.3. The Labute approximate surface area is 592 Å². The SMILES string of the molecule is CC[C@H](C)[C@@H]1NC(=O)[C@H](CC(C)C)N(C)C(=O)C[C@@H](C(=O)N2CCCCC2)N(C)C(=O)[C@H](C2CCCCC2)N(C)C(=O)C2(CCCC2)NC(=O)[C@@H]2CCCN2C(=O)[C@H](CCc2ccc(C(F)(F)F)c(Cl)c2)NC(=O)CN(C)C(=O)[C@H](CC2CCCCC2)N(C)C(=O)CN(C)C(=O)CNC1=O. The molecule has 3 heterocycles. The maximum atomic E-state index is 15.8. The number of amides is 12. The van der Waals surface area contributed by atoms with Crippen molar-refractivity contribution in [2.75, 3.05) is 81.6 Å². The zero-order valence-corrected chi connectivity index (χ0v) is 61.2. The summed E-state index contributed by atoms with van der Waals surface area (Å²) in [6.45, 7) is 6.35. The van der Waals surface area contributed by atoms with Gasteiger partial charge in [-0.05, 0) is 125 Å². The van der Waals surface area contributed by atoms with Crippen molar-refractivity contribution in [3.05, 3.63) is 34.3 Å². The van der Waals surface area contributed by atoms with E-state index in [-0.39, 0.29) is 63.3 Å². The summed E-state index contributed by atoms with van der Waals surface area (Å²) < 4.78 is 41.6. The van der Waals surface area contributed by atoms with Gasteiger partial charge >= 0.3 is 6.18 Å². The molecular formula is C72H110ClF3N12O12. The maximum Gasteiger partial charge on any atom is 0.417 e. The van der Waals surface area contributed by atoms with Crippen LogP contribution in [0.2, 0.25) is 5.02 Å². The van der Waals surface area contributed by atoms with E-state index in [9.17, 15) is 41.9 Å². The van der Waals surface area contributed by atoms with E-state index in [1.165, 1.54) is 72.9 Å². The second-order valence-corrected chi connectivity index (χ2v) is 30.1. The van der Waals surface area contributed by atoms with Gasteiger partial charge in [0, 0.05) is 61.9 Å². The maximum absolute atomic E-state index is 15.8. The number of carbonyl (C=O) groups is 12. The van der Waals surface area contributed by atoms with Gasteiger partial charge in [-0.25, -0.2) is 0 Å². The van der Waals surface area contributed by atoms with Gasteiger partial charge in [0.2, 0.25) is 70.9 Å². The number of nitrogens with one attached hydrogen (secondary N) is 4. The molecule has 4 N–H and O–H groups in total. The number of halogens is 4. The molecule has 0 aromatic heterocycles. The number of nitrogens with zero attached hydrogens (tertiary/aromatic N) is 8. The van der Waals surface area contributed by atoms with E-state index in [2.05, 4.69) is 21.3 Å². The first-order valence-electron chi connectivity index (χ1n) is 36.5. The third-order valence-electron chi connectivity index (χ3n) is 22.0. The van der Waals surface area contributed by atoms with Gasteiger partial charge in [0.15, 0.2) is 0 Å². The quantitative estimate of drug-likeness (QED) is 0.196. The minimum absolute atomic E-state index is 0.0204. The average molecular weight is 1430 g/mol. The van der Waals surface area contributed by atoms with Crippen molar-refractivity contribution in [2.45, 2.75) is 242 Å². The molecule has 1 aromatic rings. The van der Waals surface area contributed by atoms with Crippen LogP contribution in [-0.2, 0) is 70.1 Å². The molecule has 0 bridgehead atoms. The second kappa shape index (κ2) is 36.2. The van der Waals surface area contributed by atoms with Crippen molar-refractivity contribution in [1.82, 2.24) is 60.5 Å². The topological polar surface area (TPSA) is 279 Å². The number of fused-ring (bicyclic) bond motifs is 1. The van der Waals surface area contributed by atoms with Crippen LogP contribution >= 0.6 is 11.6 Å². The van der Waals surface area contributed by atoms with Gasteiger partial charge in [-0.3, -0.25) is 57.5 Å². The van der Waals surface area contributed by atoms with Gasteiger partial charge in [0.25, 0.3) is 0 Å². The second-order valence-electron chi connectivity index (χ2n) is 29.7. The van der Waals surface area contributed by atoms with Gasteiger partial charge in [0.05, 0.1) is 36.6 Å². The number of aryl methyl sites for hydroxylation is 1. The Kier molecular flexibility index (Phi) is 29.0. The number of carbonyl (C=O) groups excluding carboxylic acids is 12. The van der Waals surface area contributed by atoms with Gasteiger partial charge in [-0.1, -0.05) is 116 Å². The number of likely N-dealkylation sites (N-methyl/N-ethyl adjacent to an activating group) is 6. The number of alkyl halides is 3. The lowest BCUT2D eigenvalue weighted by atomic mass is 9.81. The van der Waals surface area contributed by atoms with E-state index < -0.39 is 173 Å². The summed E-state index contributed by atoms with van der Waals surface area (Å²) in [5, 5.41) is 10.8. The fourth-order valence-corrected chi connectivity index (χ4v) is 15.9. The van der Waals surface area contributed by atoms with E-state index in [0.29, 0.717) is 70.0 Å². The molecule has 558 valence electrons. The highest BCUT2D eigenvalue weighted by molar-refractivity contribution is 6.31. The lowest BCUT2D eigenvalue weighted by Crippen LogP contribution is -2.65. The van der Waals surface area contributed by atoms with Crippen LogP contribution in [0.1, 0.15) is 193 Å². The smallest absolute Gasteiger partial charge is 0.345 e. The standard InChI is InChI=1S/C72H110ClF3N12O12/c1-11-46(4)61-65(95)77-42-59(91)81(5)44-60(92)84(8)55(40-47-24-15-12-16-25-47)67(97)82(6)43-57(89)78-52(32-30-48-29-31-50(51(73)39-48)72(74,75)76)66(96)88-37-23-28-53(88)64(94)80-71(33-19-20-34-71)70(100)86(10)62(49-26-17-13-18-27-49)69(99)85(9)56(68(98)87-35-21-14-22-36-87)41-58(90)83(7)54(38-45(2)3)63(93)79-61/h29,31,39,45-47,49,52-56,61-62H,11-28,30,32-38,40-44H2,1-10H3,(H,77,95)(H,78,89)(H,79,93)(H,80,94)/t46-,52-,53-,54-,55-,56-,61-,62-/m0/s1. The zero-order valence-electron chi connectivity index (χ0n) is 60.5. The van der Waals surface area contributed by atoms with Crippen molar-refractivity contribution in [3.8, 4) is 0 Å². The van der Waals surface area contributed by atoms with Crippen LogP contribution in [0.3, 0.4) is 0 Å². The number of rotatable bonds is 11. The number of benzene rings is 1. The van der Waals surface area contributed by atoms with Crippen LogP contribution in [0.15, 0.2) is 18.2 Å². The van der Waals surface area contributed by atoms with Crippen LogP contribution in [0.4, 0.5) is 13.2 Å². The molecule has 12 amide bonds. The Bertz CT molecular complexity index is 3100. The summed E-state index contributed by atoms with van der Waals surface area (Å²) in [7, 11) is 8.59. The Balaban J connectivity index is 1.28. The molecule has 28 heteroatoms. The third-order valence-corrected chi connectivity index (χ3v) is 22.3. The van der Waals surface area contributed by atoms with Crippen LogP contribution in [-0.4, -0.2) is 239 Å². The molecule has 7 rings (SSSR count). The summed E-state index contributed by atoms with van der Waals surface area (Å²) in [6.07, 6.45) is 7.11. The molecule has 1 spiro atoms. The molecule has 6 fully saturated rings. The van der Waals surface area contributed by atoms with Gasteiger partial charge < -0.3 is 60.5 Å². The van der Waals surface area contributed by atoms with E-state index in [4.69, 9.17) is 11.6 Å². The molecule has 3 saturated heterocycles. The molecule has 0 unspecified atom stereocenters. The van der Waals surface area contributed by atoms with Crippen LogP contribution in [0.25, 0.3) is 0 Å². The van der Waals surface area contributed by atoms with Crippen LogP contribution < -0.4 is 21.3 Å². The zero-order chi connectivity index (χ0) is 73.5. The predicted octanol–water partition coefficient (Wildman–Crippen LogP) is 6.08. The Hall–Kier alpha value is -7.06. The molecule has 100 heavy (non-hydrogen) atoms. The lowest BCUT2D eigenvalue weighted by molar-refractivity contribution is -0.157. The fraction of sp³-hybridized carbons (Fsp3) is 0.750. The summed E-state index contributed by atoms with van der Waals surface area (Å²) in [5.41, 5.74) is -2.33. The molecule has 8 atom stereocenters. The van der Waals surface area contributed by atoms with E-state index in [1.54, 1.807) is 11.8 Å². The average Bonchev–Trinajstić information content (AvgIpc) is 1.36. The third kappa shape index (κ3) is 20.4. The number of hydrogen-bond acceptors (Lipinski definition) is 12. The Morgan fingerprint density at radius 2 is 1.26 bits per heavy atom. The minimum atomic E-state index is -4.76. The largest absolute Gasteiger partial charge is 0.417 e. The van der Waals surface area contributed by atoms with E-state index in [1.807, 2.05) is 20.8 Å². The molecule has 3 aliphatic carbocycles. The van der Waals surface area contributed by atoms with E-state index >= 15 is 28.8 Å². The highest BCUT2D eigenvalue weighted by atomic mass is 35.5.